The molecule has 0 spiro atoms. The Balaban J connectivity index is 3.01. The summed E-state index contributed by atoms with van der Waals surface area (Å²) < 4.78 is 27.0. The van der Waals surface area contributed by atoms with Crippen LogP contribution in [-0.2, 0) is 0 Å². The van der Waals surface area contributed by atoms with Crippen molar-refractivity contribution < 1.29 is 8.78 Å². The van der Waals surface area contributed by atoms with Crippen LogP contribution in [0.25, 0.3) is 0 Å². The van der Waals surface area contributed by atoms with Gasteiger partial charge in [-0.3, -0.25) is 0 Å². The zero-order valence-corrected chi connectivity index (χ0v) is 10.2. The van der Waals surface area contributed by atoms with Crippen LogP contribution in [0.5, 0.6) is 0 Å². The molecule has 1 aromatic rings. The SMILES string of the molecule is CCC(Nc1ccc(C#N)c(F)c1F)C(C)C. The van der Waals surface area contributed by atoms with Gasteiger partial charge in [0.05, 0.1) is 11.3 Å². The van der Waals surface area contributed by atoms with E-state index in [0.29, 0.717) is 5.92 Å². The molecule has 0 aromatic heterocycles. The third-order valence-corrected chi connectivity index (χ3v) is 2.79. The Morgan fingerprint density at radius 1 is 1.29 bits per heavy atom. The highest BCUT2D eigenvalue weighted by Crippen LogP contribution is 2.22. The van der Waals surface area contributed by atoms with Crippen LogP contribution in [0.2, 0.25) is 0 Å². The predicted octanol–water partition coefficient (Wildman–Crippen LogP) is 3.68. The maximum absolute atomic E-state index is 13.6. The van der Waals surface area contributed by atoms with E-state index < -0.39 is 11.6 Å². The number of halogens is 2. The van der Waals surface area contributed by atoms with Gasteiger partial charge >= 0.3 is 0 Å². The molecule has 0 saturated carbocycles. The molecule has 1 unspecified atom stereocenters. The van der Waals surface area contributed by atoms with Crippen molar-refractivity contribution in [2.75, 3.05) is 5.32 Å². The van der Waals surface area contributed by atoms with Gasteiger partial charge in [-0.25, -0.2) is 8.78 Å². The fourth-order valence-electron chi connectivity index (χ4n) is 1.69. The molecule has 1 aromatic carbocycles. The van der Waals surface area contributed by atoms with Gasteiger partial charge in [0, 0.05) is 6.04 Å². The van der Waals surface area contributed by atoms with E-state index in [1.807, 2.05) is 20.8 Å². The Hall–Kier alpha value is -1.63. The lowest BCUT2D eigenvalue weighted by Crippen LogP contribution is -2.25. The van der Waals surface area contributed by atoms with Crippen LogP contribution < -0.4 is 5.32 Å². The van der Waals surface area contributed by atoms with Crippen LogP contribution in [0.1, 0.15) is 32.8 Å². The first-order valence-electron chi connectivity index (χ1n) is 5.65. The quantitative estimate of drug-likeness (QED) is 0.868. The molecule has 1 atom stereocenters. The molecule has 4 heteroatoms. The number of nitrogens with one attached hydrogen (secondary N) is 1. The lowest BCUT2D eigenvalue weighted by atomic mass is 10.0. The molecular weight excluding hydrogens is 222 g/mol. The summed E-state index contributed by atoms with van der Waals surface area (Å²) in [7, 11) is 0. The fourth-order valence-corrected chi connectivity index (χ4v) is 1.69. The van der Waals surface area contributed by atoms with Crippen molar-refractivity contribution in [3.8, 4) is 6.07 Å². The normalized spacial score (nSPS) is 12.3. The number of nitriles is 1. The van der Waals surface area contributed by atoms with Crippen molar-refractivity contribution in [1.29, 1.82) is 5.26 Å². The number of rotatable bonds is 4. The molecule has 0 saturated heterocycles. The number of benzene rings is 1. The smallest absolute Gasteiger partial charge is 0.183 e. The average molecular weight is 238 g/mol. The zero-order valence-electron chi connectivity index (χ0n) is 10.2. The Morgan fingerprint density at radius 2 is 1.94 bits per heavy atom. The molecule has 0 bridgehead atoms. The molecule has 1 N–H and O–H groups in total. The molecule has 0 aliphatic carbocycles. The fraction of sp³-hybridized carbons (Fsp3) is 0.462. The molecule has 92 valence electrons. The Kier molecular flexibility index (Phi) is 4.45. The number of anilines is 1. The summed E-state index contributed by atoms with van der Waals surface area (Å²) >= 11 is 0. The summed E-state index contributed by atoms with van der Waals surface area (Å²) in [6.45, 7) is 6.01. The maximum Gasteiger partial charge on any atom is 0.183 e. The van der Waals surface area contributed by atoms with Gasteiger partial charge < -0.3 is 5.32 Å². The van der Waals surface area contributed by atoms with Gasteiger partial charge in [0.2, 0.25) is 0 Å². The van der Waals surface area contributed by atoms with E-state index in [9.17, 15) is 8.78 Å². The molecule has 17 heavy (non-hydrogen) atoms. The van der Waals surface area contributed by atoms with Gasteiger partial charge in [0.15, 0.2) is 11.6 Å². The van der Waals surface area contributed by atoms with Crippen molar-refractivity contribution in [2.45, 2.75) is 33.2 Å². The Bertz CT molecular complexity index is 436. The first-order valence-corrected chi connectivity index (χ1v) is 5.65. The third-order valence-electron chi connectivity index (χ3n) is 2.79. The third kappa shape index (κ3) is 2.94. The molecule has 2 nitrogen and oxygen atoms in total. The average Bonchev–Trinajstić information content (AvgIpc) is 2.30. The highest BCUT2D eigenvalue weighted by molar-refractivity contribution is 5.50. The van der Waals surface area contributed by atoms with Gasteiger partial charge in [0.1, 0.15) is 6.07 Å². The zero-order chi connectivity index (χ0) is 13.0. The molecule has 0 fully saturated rings. The van der Waals surface area contributed by atoms with Crippen molar-refractivity contribution in [1.82, 2.24) is 0 Å². The van der Waals surface area contributed by atoms with E-state index in [2.05, 4.69) is 5.32 Å². The minimum absolute atomic E-state index is 0.0804. The summed E-state index contributed by atoms with van der Waals surface area (Å²) in [5.41, 5.74) is -0.160. The largest absolute Gasteiger partial charge is 0.380 e. The Morgan fingerprint density at radius 3 is 2.41 bits per heavy atom. The first kappa shape index (κ1) is 13.4. The van der Waals surface area contributed by atoms with Gasteiger partial charge in [-0.05, 0) is 24.5 Å². The standard InChI is InChI=1S/C13H16F2N2/c1-4-10(8(2)3)17-11-6-5-9(7-16)12(14)13(11)15/h5-6,8,10,17H,4H2,1-3H3. The number of hydrogen-bond donors (Lipinski definition) is 1. The minimum atomic E-state index is -1.09. The topological polar surface area (TPSA) is 35.8 Å². The number of nitrogens with zero attached hydrogens (tertiary/aromatic N) is 1. The van der Waals surface area contributed by atoms with E-state index in [-0.39, 0.29) is 17.3 Å². The van der Waals surface area contributed by atoms with Crippen LogP contribution in [-0.4, -0.2) is 6.04 Å². The van der Waals surface area contributed by atoms with Gasteiger partial charge in [-0.2, -0.15) is 5.26 Å². The number of hydrogen-bond acceptors (Lipinski definition) is 2. The van der Waals surface area contributed by atoms with Crippen molar-refractivity contribution in [2.24, 2.45) is 5.92 Å². The van der Waals surface area contributed by atoms with E-state index in [0.717, 1.165) is 6.42 Å². The van der Waals surface area contributed by atoms with Crippen molar-refractivity contribution in [3.63, 3.8) is 0 Å². The van der Waals surface area contributed by atoms with E-state index in [4.69, 9.17) is 5.26 Å². The van der Waals surface area contributed by atoms with Crippen molar-refractivity contribution >= 4 is 5.69 Å². The second-order valence-electron chi connectivity index (χ2n) is 4.30. The summed E-state index contributed by atoms with van der Waals surface area (Å²) in [6.07, 6.45) is 0.818. The molecular formula is C13H16F2N2. The Labute approximate surface area is 100 Å². The van der Waals surface area contributed by atoms with E-state index >= 15 is 0 Å². The molecule has 0 amide bonds. The lowest BCUT2D eigenvalue weighted by Gasteiger charge is -2.22. The van der Waals surface area contributed by atoms with Crippen molar-refractivity contribution in [3.05, 3.63) is 29.3 Å². The predicted molar refractivity (Wildman–Crippen MR) is 63.6 cm³/mol. The summed E-state index contributed by atoms with van der Waals surface area (Å²) in [6, 6.07) is 4.38. The maximum atomic E-state index is 13.6. The second kappa shape index (κ2) is 5.62. The monoisotopic (exact) mass is 238 g/mol. The van der Waals surface area contributed by atoms with Gasteiger partial charge in [-0.1, -0.05) is 20.8 Å². The molecule has 0 aliphatic heterocycles. The van der Waals surface area contributed by atoms with Crippen LogP contribution in [0.3, 0.4) is 0 Å². The second-order valence-corrected chi connectivity index (χ2v) is 4.30. The van der Waals surface area contributed by atoms with Crippen LogP contribution in [0, 0.1) is 28.9 Å². The molecule has 0 radical (unpaired) electrons. The van der Waals surface area contributed by atoms with Crippen LogP contribution >= 0.6 is 0 Å². The van der Waals surface area contributed by atoms with E-state index in [1.54, 1.807) is 6.07 Å². The van der Waals surface area contributed by atoms with Gasteiger partial charge in [-0.15, -0.1) is 0 Å². The minimum Gasteiger partial charge on any atom is -0.380 e. The summed E-state index contributed by atoms with van der Waals surface area (Å²) in [5.74, 6) is -1.75. The lowest BCUT2D eigenvalue weighted by molar-refractivity contribution is 0.489. The highest BCUT2D eigenvalue weighted by Gasteiger charge is 2.17. The first-order chi connectivity index (χ1) is 8.01. The van der Waals surface area contributed by atoms with Crippen LogP contribution in [0.15, 0.2) is 12.1 Å². The highest BCUT2D eigenvalue weighted by atomic mass is 19.2. The molecule has 1 rings (SSSR count). The van der Waals surface area contributed by atoms with E-state index in [1.165, 1.54) is 12.1 Å². The molecule has 0 aliphatic rings. The van der Waals surface area contributed by atoms with Gasteiger partial charge in [0.25, 0.3) is 0 Å². The summed E-state index contributed by atoms with van der Waals surface area (Å²) in [4.78, 5) is 0. The van der Waals surface area contributed by atoms with Crippen LogP contribution in [0.4, 0.5) is 14.5 Å². The summed E-state index contributed by atoms with van der Waals surface area (Å²) in [5, 5.41) is 11.5. The molecule has 0 heterocycles.